The van der Waals surface area contributed by atoms with Gasteiger partial charge in [0, 0.05) is 39.4 Å². The van der Waals surface area contributed by atoms with Crippen LogP contribution in [-0.2, 0) is 28.5 Å². The summed E-state index contributed by atoms with van der Waals surface area (Å²) in [5, 5.41) is 18.4. The molecule has 0 saturated heterocycles. The number of carbonyl (C=O) groups excluding carboxylic acids is 1. The highest BCUT2D eigenvalue weighted by molar-refractivity contribution is 5.69. The van der Waals surface area contributed by atoms with Gasteiger partial charge in [0.15, 0.2) is 0 Å². The van der Waals surface area contributed by atoms with E-state index in [1.807, 2.05) is 14.1 Å². The minimum Gasteiger partial charge on any atom is -0.483 e. The Hall–Kier alpha value is -1.78. The van der Waals surface area contributed by atoms with Crippen molar-refractivity contribution in [3.63, 3.8) is 0 Å². The molecule has 0 fully saturated rings. The van der Waals surface area contributed by atoms with Gasteiger partial charge in [-0.25, -0.2) is 0 Å². The van der Waals surface area contributed by atoms with E-state index in [0.717, 1.165) is 45.3 Å². The molecule has 0 amide bonds. The second-order valence-corrected chi connectivity index (χ2v) is 17.8. The Labute approximate surface area is 383 Å². The predicted octanol–water partition coefficient (Wildman–Crippen LogP) is 14.0. The van der Waals surface area contributed by atoms with Crippen molar-refractivity contribution in [1.29, 1.82) is 0 Å². The third kappa shape index (κ3) is 54.4. The first-order valence-electron chi connectivity index (χ1n) is 26.0. The van der Waals surface area contributed by atoms with E-state index in [1.54, 1.807) is 0 Å². The van der Waals surface area contributed by atoms with Crippen molar-refractivity contribution in [2.45, 2.75) is 238 Å². The van der Waals surface area contributed by atoms with Crippen LogP contribution < -0.4 is 0 Å². The number of carbonyl (C=O) groups is 2. The molecular weight excluding hydrogens is 779 g/mol. The number of aliphatic hydroxyl groups is 1. The highest BCUT2D eigenvalue weighted by Crippen LogP contribution is 2.24. The van der Waals surface area contributed by atoms with Crippen LogP contribution in [0.15, 0.2) is 24.3 Å². The number of rotatable bonds is 49. The summed E-state index contributed by atoms with van der Waals surface area (Å²) in [5.41, 5.74) is -0.787. The van der Waals surface area contributed by atoms with E-state index >= 15 is 0 Å². The zero-order valence-corrected chi connectivity index (χ0v) is 41.4. The minimum atomic E-state index is -0.787. The van der Waals surface area contributed by atoms with Gasteiger partial charge in [0.25, 0.3) is 6.47 Å². The molecule has 9 heteroatoms. The highest BCUT2D eigenvalue weighted by atomic mass is 16.6. The third-order valence-corrected chi connectivity index (χ3v) is 11.4. The Morgan fingerprint density at radius 3 is 1.29 bits per heavy atom. The van der Waals surface area contributed by atoms with Crippen LogP contribution in [0.4, 0.5) is 0 Å². The summed E-state index contributed by atoms with van der Waals surface area (Å²) in [6.45, 7) is 9.13. The van der Waals surface area contributed by atoms with Gasteiger partial charge in [-0.2, -0.15) is 0 Å². The van der Waals surface area contributed by atoms with Crippen LogP contribution in [0.3, 0.4) is 0 Å². The third-order valence-electron chi connectivity index (χ3n) is 11.4. The first kappa shape index (κ1) is 62.3. The molecule has 0 heterocycles. The van der Waals surface area contributed by atoms with E-state index in [9.17, 15) is 9.90 Å². The molecule has 0 aromatic rings. The van der Waals surface area contributed by atoms with Gasteiger partial charge in [-0.3, -0.25) is 9.59 Å². The van der Waals surface area contributed by atoms with Gasteiger partial charge < -0.3 is 34.1 Å². The average molecular weight is 882 g/mol. The van der Waals surface area contributed by atoms with Crippen molar-refractivity contribution in [3.8, 4) is 0 Å². The normalized spacial score (nSPS) is 12.6. The molecule has 0 saturated carbocycles. The van der Waals surface area contributed by atoms with Gasteiger partial charge in [-0.15, -0.1) is 0 Å². The fourth-order valence-electron chi connectivity index (χ4n) is 7.45. The van der Waals surface area contributed by atoms with E-state index in [-0.39, 0.29) is 12.4 Å². The van der Waals surface area contributed by atoms with Crippen LogP contribution in [0.2, 0.25) is 0 Å². The van der Waals surface area contributed by atoms with Crippen molar-refractivity contribution >= 4 is 12.4 Å². The van der Waals surface area contributed by atoms with Crippen molar-refractivity contribution in [1.82, 2.24) is 4.90 Å². The Kier molecular flexibility index (Phi) is 53.8. The zero-order chi connectivity index (χ0) is 45.7. The summed E-state index contributed by atoms with van der Waals surface area (Å²) in [6, 6.07) is 0. The molecule has 0 rings (SSSR count). The summed E-state index contributed by atoms with van der Waals surface area (Å²) in [7, 11) is 4.08. The van der Waals surface area contributed by atoms with E-state index < -0.39 is 5.60 Å². The number of likely N-dealkylation sites (N-methyl/N-ethyl adjacent to an activating group) is 1. The molecule has 0 aromatic carbocycles. The molecule has 0 aliphatic rings. The number of esters is 1. The van der Waals surface area contributed by atoms with Gasteiger partial charge in [-0.05, 0) is 110 Å². The van der Waals surface area contributed by atoms with Crippen LogP contribution in [0, 0.1) is 0 Å². The van der Waals surface area contributed by atoms with Crippen LogP contribution in [0.25, 0.3) is 0 Å². The Bertz CT molecular complexity index is 945. The lowest BCUT2D eigenvalue weighted by molar-refractivity contribution is -0.145. The van der Waals surface area contributed by atoms with Gasteiger partial charge in [0.2, 0.25) is 0 Å². The maximum absolute atomic E-state index is 12.2. The number of allylic oxidation sites excluding steroid dienone is 4. The largest absolute Gasteiger partial charge is 0.483 e. The van der Waals surface area contributed by atoms with Gasteiger partial charge in [0.1, 0.15) is 6.61 Å². The number of hydrogen-bond acceptors (Lipinski definition) is 8. The lowest BCUT2D eigenvalue weighted by Crippen LogP contribution is -2.32. The molecule has 368 valence electrons. The molecule has 0 aromatic heterocycles. The summed E-state index contributed by atoms with van der Waals surface area (Å²) >= 11 is 0. The second-order valence-electron chi connectivity index (χ2n) is 17.8. The van der Waals surface area contributed by atoms with Crippen LogP contribution >= 0.6 is 0 Å². The van der Waals surface area contributed by atoms with Gasteiger partial charge >= 0.3 is 5.97 Å². The summed E-state index contributed by atoms with van der Waals surface area (Å²) in [6.07, 6.45) is 49.6. The molecule has 0 spiro atoms. The first-order valence-corrected chi connectivity index (χ1v) is 26.0. The summed E-state index contributed by atoms with van der Waals surface area (Å²) < 4.78 is 23.0. The fraction of sp³-hybridized carbons (Fsp3) is 0.887. The molecule has 0 aliphatic heterocycles. The highest BCUT2D eigenvalue weighted by Gasteiger charge is 2.26. The van der Waals surface area contributed by atoms with Crippen LogP contribution in [-0.4, -0.2) is 100 Å². The maximum atomic E-state index is 12.2. The van der Waals surface area contributed by atoms with Crippen molar-refractivity contribution < 1.29 is 38.7 Å². The zero-order valence-electron chi connectivity index (χ0n) is 41.4. The smallest absolute Gasteiger partial charge is 0.305 e. The molecule has 1 atom stereocenters. The average Bonchev–Trinajstić information content (AvgIpc) is 3.25. The van der Waals surface area contributed by atoms with E-state index in [2.05, 4.69) is 43.1 Å². The molecule has 62 heavy (non-hydrogen) atoms. The van der Waals surface area contributed by atoms with Crippen molar-refractivity contribution in [2.75, 3.05) is 66.9 Å². The lowest BCUT2D eigenvalue weighted by atomic mass is 9.89. The molecule has 0 bridgehead atoms. The summed E-state index contributed by atoms with van der Waals surface area (Å²) in [5.74, 6) is -0.125. The van der Waals surface area contributed by atoms with E-state index in [1.165, 1.54) is 161 Å². The Morgan fingerprint density at radius 2 is 0.839 bits per heavy atom. The Morgan fingerprint density at radius 1 is 0.468 bits per heavy atom. The standard InChI is InChI=1S/C52H101NO6.CH2O2/c1-5-7-9-11-13-15-17-19-21-22-24-26-28-30-32-34-36-44-56-45-37-40-52(55,42-47-58-48-43-53(3)4)41-38-46-57-49-50-59-51(54)39-35-33-31-29-27-25-23-20-18-16-14-12-10-8-6-2;2-1-3/h19-21,23,55H,5-18,22,24-50H2,1-4H3;1H,(H,2,3)/b21-19-,23-20-;. The van der Waals surface area contributed by atoms with E-state index in [4.69, 9.17) is 28.8 Å². The second kappa shape index (κ2) is 53.6. The van der Waals surface area contributed by atoms with Gasteiger partial charge in [0.05, 0.1) is 18.8 Å². The molecule has 2 N–H and O–H groups in total. The van der Waals surface area contributed by atoms with Crippen LogP contribution in [0.5, 0.6) is 0 Å². The van der Waals surface area contributed by atoms with Gasteiger partial charge in [-0.1, -0.05) is 154 Å². The van der Waals surface area contributed by atoms with Crippen molar-refractivity contribution in [3.05, 3.63) is 24.3 Å². The molecule has 0 radical (unpaired) electrons. The number of hydrogen-bond donors (Lipinski definition) is 2. The monoisotopic (exact) mass is 882 g/mol. The molecule has 9 nitrogen and oxygen atoms in total. The molecule has 1 unspecified atom stereocenters. The van der Waals surface area contributed by atoms with Crippen molar-refractivity contribution in [2.24, 2.45) is 0 Å². The number of unbranched alkanes of at least 4 members (excludes halogenated alkanes) is 24. The Balaban J connectivity index is 0. The number of nitrogens with zero attached hydrogens (tertiary/aromatic N) is 1. The first-order chi connectivity index (χ1) is 30.3. The maximum Gasteiger partial charge on any atom is 0.305 e. The number of ether oxygens (including phenoxy) is 4. The fourth-order valence-corrected chi connectivity index (χ4v) is 7.45. The lowest BCUT2D eigenvalue weighted by Gasteiger charge is -2.28. The molecular formula is C53H103NO8. The SMILES string of the molecule is CCCCCCCC/C=C\CCCCCCCCCOCCCC(O)(CCCOCCOC(=O)CCCCCCC/C=C\CCCCCCCC)CCOCCN(C)C.O=CO. The summed E-state index contributed by atoms with van der Waals surface area (Å²) in [4.78, 5) is 22.6. The predicted molar refractivity (Wildman–Crippen MR) is 262 cm³/mol. The van der Waals surface area contributed by atoms with Crippen LogP contribution in [0.1, 0.15) is 232 Å². The number of carboxylic acid groups (broad SMARTS) is 1. The topological polar surface area (TPSA) is 115 Å². The van der Waals surface area contributed by atoms with E-state index in [0.29, 0.717) is 65.3 Å². The minimum absolute atomic E-state index is 0.125. The molecule has 0 aliphatic carbocycles. The quantitative estimate of drug-likeness (QED) is 0.0267.